The summed E-state index contributed by atoms with van der Waals surface area (Å²) < 4.78 is 0. The number of aliphatic hydroxyl groups is 1. The molecule has 1 rings (SSSR count). The molecule has 0 aromatic carbocycles. The molecule has 0 saturated heterocycles. The normalized spacial score (nSPS) is 24.2. The maximum absolute atomic E-state index is 11.5. The van der Waals surface area contributed by atoms with Gasteiger partial charge >= 0.3 is 0 Å². The van der Waals surface area contributed by atoms with E-state index < -0.39 is 6.10 Å². The number of carbonyl (C=O) groups excluding carboxylic acids is 1. The average Bonchev–Trinajstić information content (AvgIpc) is 2.15. The first-order valence-electron chi connectivity index (χ1n) is 5.11. The second-order valence-electron chi connectivity index (χ2n) is 4.89. The number of rotatable bonds is 1. The molecular weight excluding hydrogens is 204 g/mol. The Labute approximate surface area is 94.8 Å². The van der Waals surface area contributed by atoms with E-state index in [0.29, 0.717) is 18.4 Å². The van der Waals surface area contributed by atoms with Crippen LogP contribution in [0.3, 0.4) is 0 Å². The second-order valence-corrected chi connectivity index (χ2v) is 4.89. The summed E-state index contributed by atoms with van der Waals surface area (Å²) in [7, 11) is 0. The molecule has 4 heteroatoms. The van der Waals surface area contributed by atoms with Gasteiger partial charge in [-0.1, -0.05) is 13.8 Å². The quantitative estimate of drug-likeness (QED) is 0.533. The lowest BCUT2D eigenvalue weighted by Crippen LogP contribution is -2.26. The van der Waals surface area contributed by atoms with Crippen molar-refractivity contribution in [1.29, 1.82) is 10.5 Å². The zero-order valence-corrected chi connectivity index (χ0v) is 9.45. The van der Waals surface area contributed by atoms with Gasteiger partial charge in [0.25, 0.3) is 0 Å². The van der Waals surface area contributed by atoms with Crippen molar-refractivity contribution in [2.45, 2.75) is 39.2 Å². The molecule has 0 heterocycles. The summed E-state index contributed by atoms with van der Waals surface area (Å²) in [6, 6.07) is 3.45. The van der Waals surface area contributed by atoms with Crippen LogP contribution in [0.25, 0.3) is 0 Å². The lowest BCUT2D eigenvalue weighted by atomic mass is 9.73. The first-order chi connectivity index (χ1) is 7.39. The Morgan fingerprint density at radius 2 is 2.06 bits per heavy atom. The second kappa shape index (κ2) is 4.47. The van der Waals surface area contributed by atoms with Crippen LogP contribution in [0.1, 0.15) is 33.1 Å². The molecule has 4 nitrogen and oxygen atoms in total. The van der Waals surface area contributed by atoms with Gasteiger partial charge in [-0.3, -0.25) is 4.79 Å². The fourth-order valence-corrected chi connectivity index (χ4v) is 2.13. The molecule has 1 N–H and O–H groups in total. The number of allylic oxidation sites excluding steroid dienone is 1. The van der Waals surface area contributed by atoms with Crippen LogP contribution in [-0.4, -0.2) is 17.0 Å². The van der Waals surface area contributed by atoms with E-state index in [1.807, 2.05) is 19.9 Å². The highest BCUT2D eigenvalue weighted by Gasteiger charge is 2.32. The highest BCUT2D eigenvalue weighted by Crippen LogP contribution is 2.38. The van der Waals surface area contributed by atoms with Gasteiger partial charge in [-0.15, -0.1) is 0 Å². The Kier molecular flexibility index (Phi) is 3.47. The molecule has 1 aliphatic carbocycles. The molecule has 1 atom stereocenters. The summed E-state index contributed by atoms with van der Waals surface area (Å²) in [5, 5.41) is 26.9. The average molecular weight is 218 g/mol. The van der Waals surface area contributed by atoms with E-state index in [4.69, 9.17) is 10.5 Å². The van der Waals surface area contributed by atoms with E-state index in [2.05, 4.69) is 0 Å². The molecule has 0 aromatic heterocycles. The molecule has 1 saturated carbocycles. The largest absolute Gasteiger partial charge is 0.373 e. The number of ketones is 1. The van der Waals surface area contributed by atoms with Crippen LogP contribution in [0, 0.1) is 28.1 Å². The van der Waals surface area contributed by atoms with Crippen LogP contribution in [0.4, 0.5) is 0 Å². The monoisotopic (exact) mass is 218 g/mol. The summed E-state index contributed by atoms with van der Waals surface area (Å²) in [5.41, 5.74) is 0.462. The summed E-state index contributed by atoms with van der Waals surface area (Å²) in [6.07, 6.45) is -0.162. The van der Waals surface area contributed by atoms with Crippen LogP contribution in [-0.2, 0) is 4.79 Å². The first kappa shape index (κ1) is 12.4. The molecule has 0 spiro atoms. The molecule has 0 aliphatic heterocycles. The third-order valence-corrected chi connectivity index (χ3v) is 2.68. The zero-order valence-electron chi connectivity index (χ0n) is 9.45. The highest BCUT2D eigenvalue weighted by atomic mass is 16.3. The molecule has 84 valence electrons. The van der Waals surface area contributed by atoms with Crippen LogP contribution in [0.15, 0.2) is 11.1 Å². The Balaban J connectivity index is 3.11. The summed E-state index contributed by atoms with van der Waals surface area (Å²) in [4.78, 5) is 11.5. The van der Waals surface area contributed by atoms with Gasteiger partial charge in [0.2, 0.25) is 0 Å². The predicted molar refractivity (Wildman–Crippen MR) is 56.9 cm³/mol. The van der Waals surface area contributed by atoms with Crippen LogP contribution in [0.5, 0.6) is 0 Å². The van der Waals surface area contributed by atoms with Crippen molar-refractivity contribution >= 4 is 5.78 Å². The van der Waals surface area contributed by atoms with Crippen molar-refractivity contribution in [3.05, 3.63) is 11.1 Å². The molecule has 1 unspecified atom stereocenters. The fourth-order valence-electron chi connectivity index (χ4n) is 2.13. The minimum atomic E-state index is -1.42. The van der Waals surface area contributed by atoms with Crippen molar-refractivity contribution < 1.29 is 9.90 Å². The van der Waals surface area contributed by atoms with Crippen LogP contribution in [0.2, 0.25) is 0 Å². The molecule has 1 fully saturated rings. The van der Waals surface area contributed by atoms with Crippen molar-refractivity contribution in [3.8, 4) is 12.1 Å². The van der Waals surface area contributed by atoms with E-state index in [1.165, 1.54) is 0 Å². The molecule has 0 amide bonds. The minimum absolute atomic E-state index is 0.0450. The lowest BCUT2D eigenvalue weighted by Gasteiger charge is -2.31. The minimum Gasteiger partial charge on any atom is -0.373 e. The number of Topliss-reactive ketones (excluding diaryl/α,β-unsaturated/α-hetero) is 1. The van der Waals surface area contributed by atoms with Gasteiger partial charge in [0.1, 0.15) is 5.78 Å². The molecular formula is C12H14N2O2. The van der Waals surface area contributed by atoms with E-state index in [9.17, 15) is 9.90 Å². The highest BCUT2D eigenvalue weighted by molar-refractivity contribution is 5.83. The van der Waals surface area contributed by atoms with Gasteiger partial charge in [0, 0.05) is 12.8 Å². The number of hydrogen-bond donors (Lipinski definition) is 1. The molecule has 1 aliphatic rings. The third-order valence-electron chi connectivity index (χ3n) is 2.68. The number of carbonyl (C=O) groups is 1. The standard InChI is InChI=1S/C12H14N2O2/c1-12(2)4-8(3-9(15)5-12)10(6-13)11(16)7-14/h11,16H,3-5H2,1-2H3. The third kappa shape index (κ3) is 2.68. The molecule has 0 aromatic rings. The SMILES string of the molecule is CC1(C)CC(=O)CC(=C(C#N)C(O)C#N)C1. The van der Waals surface area contributed by atoms with Gasteiger partial charge < -0.3 is 5.11 Å². The summed E-state index contributed by atoms with van der Waals surface area (Å²) in [6.45, 7) is 3.88. The number of hydrogen-bond acceptors (Lipinski definition) is 4. The smallest absolute Gasteiger partial charge is 0.175 e. The number of aliphatic hydroxyl groups excluding tert-OH is 1. The van der Waals surface area contributed by atoms with Gasteiger partial charge in [0.15, 0.2) is 6.10 Å². The topological polar surface area (TPSA) is 84.9 Å². The number of nitriles is 2. The van der Waals surface area contributed by atoms with Crippen LogP contribution >= 0.6 is 0 Å². The Morgan fingerprint density at radius 3 is 2.50 bits per heavy atom. The molecule has 0 bridgehead atoms. The molecule has 0 radical (unpaired) electrons. The Bertz CT molecular complexity index is 421. The van der Waals surface area contributed by atoms with Crippen molar-refractivity contribution in [3.63, 3.8) is 0 Å². The summed E-state index contributed by atoms with van der Waals surface area (Å²) in [5.74, 6) is 0.0594. The van der Waals surface area contributed by atoms with Gasteiger partial charge in [-0.25, -0.2) is 0 Å². The zero-order chi connectivity index (χ0) is 12.3. The predicted octanol–water partition coefficient (Wildman–Crippen LogP) is 1.47. The van der Waals surface area contributed by atoms with Gasteiger partial charge in [-0.05, 0) is 17.4 Å². The van der Waals surface area contributed by atoms with Crippen LogP contribution < -0.4 is 0 Å². The summed E-state index contributed by atoms with van der Waals surface area (Å²) >= 11 is 0. The fraction of sp³-hybridized carbons (Fsp3) is 0.583. The van der Waals surface area contributed by atoms with Crippen molar-refractivity contribution in [2.75, 3.05) is 0 Å². The maximum Gasteiger partial charge on any atom is 0.175 e. The maximum atomic E-state index is 11.5. The molecule has 16 heavy (non-hydrogen) atoms. The van der Waals surface area contributed by atoms with E-state index >= 15 is 0 Å². The number of nitrogens with zero attached hydrogens (tertiary/aromatic N) is 2. The Hall–Kier alpha value is -1.65. The Morgan fingerprint density at radius 1 is 1.44 bits per heavy atom. The van der Waals surface area contributed by atoms with Crippen molar-refractivity contribution in [1.82, 2.24) is 0 Å². The van der Waals surface area contributed by atoms with E-state index in [1.54, 1.807) is 6.07 Å². The van der Waals surface area contributed by atoms with Crippen molar-refractivity contribution in [2.24, 2.45) is 5.41 Å². The van der Waals surface area contributed by atoms with E-state index in [-0.39, 0.29) is 23.2 Å². The lowest BCUT2D eigenvalue weighted by molar-refractivity contribution is -0.121. The van der Waals surface area contributed by atoms with E-state index in [0.717, 1.165) is 0 Å². The van der Waals surface area contributed by atoms with Gasteiger partial charge in [0.05, 0.1) is 17.7 Å². The van der Waals surface area contributed by atoms with Gasteiger partial charge in [-0.2, -0.15) is 10.5 Å². The first-order valence-corrected chi connectivity index (χ1v) is 5.11.